The summed E-state index contributed by atoms with van der Waals surface area (Å²) >= 11 is 3.25. The first-order valence-electron chi connectivity index (χ1n) is 6.14. The molecule has 0 atom stereocenters. The van der Waals surface area contributed by atoms with Gasteiger partial charge in [0.1, 0.15) is 11.5 Å². The number of aromatic carboxylic acids is 1. The molecule has 0 saturated heterocycles. The summed E-state index contributed by atoms with van der Waals surface area (Å²) in [6.07, 6.45) is 0. The SMILES string of the molecule is COc1ccc(C(=O)O)cc1NCc1cccc(Br)c1O. The van der Waals surface area contributed by atoms with E-state index in [4.69, 9.17) is 9.84 Å². The van der Waals surface area contributed by atoms with E-state index >= 15 is 0 Å². The molecule has 0 radical (unpaired) electrons. The Morgan fingerprint density at radius 2 is 2.10 bits per heavy atom. The molecule has 2 aromatic rings. The summed E-state index contributed by atoms with van der Waals surface area (Å²) in [5.74, 6) is -0.321. The van der Waals surface area contributed by atoms with Crippen molar-refractivity contribution in [2.24, 2.45) is 0 Å². The van der Waals surface area contributed by atoms with Crippen molar-refractivity contribution >= 4 is 27.6 Å². The lowest BCUT2D eigenvalue weighted by molar-refractivity contribution is 0.0697. The van der Waals surface area contributed by atoms with E-state index in [9.17, 15) is 9.90 Å². The van der Waals surface area contributed by atoms with Crippen LogP contribution in [0.25, 0.3) is 0 Å². The lowest BCUT2D eigenvalue weighted by Gasteiger charge is -2.13. The smallest absolute Gasteiger partial charge is 0.335 e. The van der Waals surface area contributed by atoms with Crippen LogP contribution in [0.5, 0.6) is 11.5 Å². The highest BCUT2D eigenvalue weighted by Crippen LogP contribution is 2.30. The Hall–Kier alpha value is -2.21. The minimum absolute atomic E-state index is 0.151. The van der Waals surface area contributed by atoms with E-state index in [1.165, 1.54) is 19.2 Å². The van der Waals surface area contributed by atoms with Crippen LogP contribution >= 0.6 is 15.9 Å². The average Bonchev–Trinajstić information content (AvgIpc) is 2.48. The molecule has 0 fully saturated rings. The second kappa shape index (κ2) is 6.49. The number of para-hydroxylation sites is 1. The molecule has 0 saturated carbocycles. The topological polar surface area (TPSA) is 78.8 Å². The van der Waals surface area contributed by atoms with Crippen molar-refractivity contribution in [2.45, 2.75) is 6.54 Å². The summed E-state index contributed by atoms with van der Waals surface area (Å²) in [5, 5.41) is 22.0. The lowest BCUT2D eigenvalue weighted by Crippen LogP contribution is -2.04. The van der Waals surface area contributed by atoms with E-state index in [0.29, 0.717) is 28.0 Å². The number of halogens is 1. The molecule has 3 N–H and O–H groups in total. The van der Waals surface area contributed by atoms with Gasteiger partial charge in [-0.3, -0.25) is 0 Å². The quantitative estimate of drug-likeness (QED) is 0.768. The van der Waals surface area contributed by atoms with Gasteiger partial charge in [-0.15, -0.1) is 0 Å². The summed E-state index contributed by atoms with van der Waals surface area (Å²) in [6, 6.07) is 9.89. The van der Waals surface area contributed by atoms with Gasteiger partial charge in [0.15, 0.2) is 0 Å². The molecule has 6 heteroatoms. The molecule has 0 spiro atoms. The summed E-state index contributed by atoms with van der Waals surface area (Å²) < 4.78 is 5.80. The number of rotatable bonds is 5. The fourth-order valence-corrected chi connectivity index (χ4v) is 2.28. The second-order valence-corrected chi connectivity index (χ2v) is 5.18. The number of ether oxygens (including phenoxy) is 1. The molecule has 0 aliphatic rings. The van der Waals surface area contributed by atoms with Gasteiger partial charge in [0, 0.05) is 12.1 Å². The number of benzene rings is 2. The maximum Gasteiger partial charge on any atom is 0.335 e. The van der Waals surface area contributed by atoms with Gasteiger partial charge >= 0.3 is 5.97 Å². The fraction of sp³-hybridized carbons (Fsp3) is 0.133. The van der Waals surface area contributed by atoms with Gasteiger partial charge in [-0.05, 0) is 40.2 Å². The van der Waals surface area contributed by atoms with Crippen molar-refractivity contribution in [1.29, 1.82) is 0 Å². The maximum absolute atomic E-state index is 11.0. The minimum atomic E-state index is -1.01. The van der Waals surface area contributed by atoms with Crippen LogP contribution in [0.15, 0.2) is 40.9 Å². The Morgan fingerprint density at radius 1 is 1.33 bits per heavy atom. The first kappa shape index (κ1) is 15.2. The highest BCUT2D eigenvalue weighted by atomic mass is 79.9. The Morgan fingerprint density at radius 3 is 2.76 bits per heavy atom. The fourth-order valence-electron chi connectivity index (χ4n) is 1.87. The molecule has 2 aromatic carbocycles. The van der Waals surface area contributed by atoms with Gasteiger partial charge in [-0.2, -0.15) is 0 Å². The number of carboxylic acids is 1. The predicted molar refractivity (Wildman–Crippen MR) is 83.1 cm³/mol. The molecule has 0 unspecified atom stereocenters. The Labute approximate surface area is 130 Å². The highest BCUT2D eigenvalue weighted by molar-refractivity contribution is 9.10. The normalized spacial score (nSPS) is 10.2. The molecule has 2 rings (SSSR count). The third-order valence-electron chi connectivity index (χ3n) is 2.99. The summed E-state index contributed by atoms with van der Waals surface area (Å²) in [5.41, 5.74) is 1.40. The van der Waals surface area contributed by atoms with E-state index in [-0.39, 0.29) is 11.3 Å². The second-order valence-electron chi connectivity index (χ2n) is 4.32. The number of nitrogens with one attached hydrogen (secondary N) is 1. The average molecular weight is 352 g/mol. The number of anilines is 1. The number of carbonyl (C=O) groups is 1. The van der Waals surface area contributed by atoms with Crippen LogP contribution in [0.2, 0.25) is 0 Å². The van der Waals surface area contributed by atoms with Crippen LogP contribution in [0.1, 0.15) is 15.9 Å². The zero-order valence-electron chi connectivity index (χ0n) is 11.3. The lowest BCUT2D eigenvalue weighted by atomic mass is 10.1. The number of carboxylic acid groups (broad SMARTS) is 1. The number of hydrogen-bond donors (Lipinski definition) is 3. The molecule has 21 heavy (non-hydrogen) atoms. The van der Waals surface area contributed by atoms with Gasteiger partial charge in [-0.25, -0.2) is 4.79 Å². The summed E-state index contributed by atoms with van der Waals surface area (Å²) in [6.45, 7) is 0.338. The van der Waals surface area contributed by atoms with E-state index < -0.39 is 5.97 Å². The molecule has 5 nitrogen and oxygen atoms in total. The molecule has 0 heterocycles. The van der Waals surface area contributed by atoms with E-state index in [2.05, 4.69) is 21.2 Å². The van der Waals surface area contributed by atoms with Crippen LogP contribution in [0.4, 0.5) is 5.69 Å². The van der Waals surface area contributed by atoms with Gasteiger partial charge < -0.3 is 20.3 Å². The molecular weight excluding hydrogens is 338 g/mol. The largest absolute Gasteiger partial charge is 0.506 e. The third kappa shape index (κ3) is 3.46. The van der Waals surface area contributed by atoms with E-state index in [0.717, 1.165) is 0 Å². The van der Waals surface area contributed by atoms with Gasteiger partial charge in [0.25, 0.3) is 0 Å². The van der Waals surface area contributed by atoms with Crippen LogP contribution in [0.3, 0.4) is 0 Å². The molecule has 110 valence electrons. The van der Waals surface area contributed by atoms with E-state index in [1.54, 1.807) is 18.2 Å². The monoisotopic (exact) mass is 351 g/mol. The standard InChI is InChI=1S/C15H14BrNO4/c1-21-13-6-5-9(15(19)20)7-12(13)17-8-10-3-2-4-11(16)14(10)18/h2-7,17-18H,8H2,1H3,(H,19,20). The Balaban J connectivity index is 2.24. The van der Waals surface area contributed by atoms with Crippen molar-refractivity contribution in [2.75, 3.05) is 12.4 Å². The number of hydrogen-bond acceptors (Lipinski definition) is 4. The first-order valence-corrected chi connectivity index (χ1v) is 6.93. The van der Waals surface area contributed by atoms with Crippen molar-refractivity contribution in [1.82, 2.24) is 0 Å². The Bertz CT molecular complexity index is 673. The minimum Gasteiger partial charge on any atom is -0.506 e. The molecule has 0 bridgehead atoms. The first-order chi connectivity index (χ1) is 10.0. The predicted octanol–water partition coefficient (Wildman–Crippen LogP) is 3.47. The number of aromatic hydroxyl groups is 1. The molecule has 0 aliphatic carbocycles. The van der Waals surface area contributed by atoms with Gasteiger partial charge in [0.05, 0.1) is 22.8 Å². The number of methoxy groups -OCH3 is 1. The number of phenolic OH excluding ortho intramolecular Hbond substituents is 1. The summed E-state index contributed by atoms with van der Waals surface area (Å²) in [4.78, 5) is 11.0. The van der Waals surface area contributed by atoms with Crippen LogP contribution in [0, 0.1) is 0 Å². The van der Waals surface area contributed by atoms with Crippen LogP contribution in [-0.2, 0) is 6.54 Å². The van der Waals surface area contributed by atoms with Crippen molar-refractivity contribution in [3.8, 4) is 11.5 Å². The van der Waals surface area contributed by atoms with Crippen LogP contribution < -0.4 is 10.1 Å². The zero-order valence-corrected chi connectivity index (χ0v) is 12.8. The van der Waals surface area contributed by atoms with Crippen molar-refractivity contribution in [3.63, 3.8) is 0 Å². The van der Waals surface area contributed by atoms with E-state index in [1.807, 2.05) is 6.07 Å². The molecule has 0 aromatic heterocycles. The maximum atomic E-state index is 11.0. The third-order valence-corrected chi connectivity index (χ3v) is 3.63. The highest BCUT2D eigenvalue weighted by Gasteiger charge is 2.10. The van der Waals surface area contributed by atoms with Gasteiger partial charge in [-0.1, -0.05) is 12.1 Å². The Kier molecular flexibility index (Phi) is 4.70. The summed E-state index contributed by atoms with van der Waals surface area (Å²) in [7, 11) is 1.51. The van der Waals surface area contributed by atoms with Crippen molar-refractivity contribution < 1.29 is 19.7 Å². The number of phenols is 1. The van der Waals surface area contributed by atoms with Crippen molar-refractivity contribution in [3.05, 3.63) is 52.0 Å². The molecule has 0 aliphatic heterocycles. The molecule has 0 amide bonds. The van der Waals surface area contributed by atoms with Gasteiger partial charge in [0.2, 0.25) is 0 Å². The molecular formula is C15H14BrNO4. The van der Waals surface area contributed by atoms with Crippen LogP contribution in [-0.4, -0.2) is 23.3 Å². The zero-order chi connectivity index (χ0) is 15.4.